The highest BCUT2D eigenvalue weighted by atomic mass is 16.6. The Kier molecular flexibility index (Phi) is 5.65. The number of ether oxygens (including phenoxy) is 3. The molecule has 8 atom stereocenters. The Morgan fingerprint density at radius 2 is 1.69 bits per heavy atom. The van der Waals surface area contributed by atoms with Crippen LogP contribution in [0.2, 0.25) is 0 Å². The van der Waals surface area contributed by atoms with E-state index in [4.69, 9.17) is 14.2 Å². The maximum atomic E-state index is 13.2. The second-order valence-corrected chi connectivity index (χ2v) is 11.2. The van der Waals surface area contributed by atoms with Crippen LogP contribution in [0.1, 0.15) is 54.9 Å². The standard InChI is InChI=1S/C26H34O9/c1-12-8-19-24(31,21(12)30)10-17(11-33-14(3)27)9-18-20-23(6,7)26(20,35-16(5)29)22(34-15(4)28)13(2)25(18,19)32/h8-9,13,18-20,22,31-32H,10-11H2,1-7H3/t13-,18+,19-,20-,22-,24-,25-,26-/m1/s1. The van der Waals surface area contributed by atoms with Gasteiger partial charge in [-0.1, -0.05) is 32.9 Å². The summed E-state index contributed by atoms with van der Waals surface area (Å²) in [5.41, 5.74) is -4.82. The van der Waals surface area contributed by atoms with E-state index in [0.717, 1.165) is 0 Å². The molecule has 0 aliphatic heterocycles. The lowest BCUT2D eigenvalue weighted by atomic mass is 9.59. The third-order valence-corrected chi connectivity index (χ3v) is 8.82. The molecular weight excluding hydrogens is 456 g/mol. The number of ketones is 1. The number of carbonyl (C=O) groups is 4. The molecule has 0 amide bonds. The fourth-order valence-electron chi connectivity index (χ4n) is 7.43. The lowest BCUT2D eigenvalue weighted by molar-refractivity contribution is -0.227. The fraction of sp³-hybridized carbons (Fsp3) is 0.692. The molecule has 4 rings (SSSR count). The van der Waals surface area contributed by atoms with Gasteiger partial charge in [-0.05, 0) is 18.1 Å². The van der Waals surface area contributed by atoms with Crippen LogP contribution >= 0.6 is 0 Å². The van der Waals surface area contributed by atoms with Crippen LogP contribution < -0.4 is 0 Å². The first-order valence-corrected chi connectivity index (χ1v) is 11.9. The molecule has 0 radical (unpaired) electrons. The number of rotatable bonds is 4. The van der Waals surface area contributed by atoms with Crippen molar-refractivity contribution in [2.24, 2.45) is 29.1 Å². The zero-order valence-electron chi connectivity index (χ0n) is 21.2. The molecule has 0 heterocycles. The summed E-state index contributed by atoms with van der Waals surface area (Å²) in [6, 6.07) is 0. The Hall–Kier alpha value is -2.52. The van der Waals surface area contributed by atoms with Gasteiger partial charge in [0.1, 0.15) is 18.3 Å². The summed E-state index contributed by atoms with van der Waals surface area (Å²) in [4.78, 5) is 49.1. The van der Waals surface area contributed by atoms with Crippen LogP contribution in [-0.4, -0.2) is 63.4 Å². The van der Waals surface area contributed by atoms with E-state index >= 15 is 0 Å². The topological polar surface area (TPSA) is 136 Å². The van der Waals surface area contributed by atoms with Crippen molar-refractivity contribution in [1.82, 2.24) is 0 Å². The van der Waals surface area contributed by atoms with E-state index in [1.807, 2.05) is 13.8 Å². The molecule has 192 valence electrons. The van der Waals surface area contributed by atoms with E-state index in [1.165, 1.54) is 20.8 Å². The van der Waals surface area contributed by atoms with Gasteiger partial charge in [-0.3, -0.25) is 19.2 Å². The number of esters is 3. The molecule has 4 aliphatic rings. The summed E-state index contributed by atoms with van der Waals surface area (Å²) in [6.45, 7) is 10.7. The number of hydrogen-bond acceptors (Lipinski definition) is 9. The molecule has 0 spiro atoms. The molecule has 9 nitrogen and oxygen atoms in total. The maximum Gasteiger partial charge on any atom is 0.303 e. The minimum Gasteiger partial charge on any atom is -0.461 e. The largest absolute Gasteiger partial charge is 0.461 e. The van der Waals surface area contributed by atoms with Crippen molar-refractivity contribution in [2.45, 2.75) is 77.8 Å². The van der Waals surface area contributed by atoms with E-state index in [1.54, 1.807) is 26.0 Å². The molecule has 0 bridgehead atoms. The SMILES string of the molecule is CC(=O)OCC1=C[C@H]2[C@@H]3C(C)(C)[C@]3(OC(C)=O)[C@H](OC(C)=O)[C@@H](C)[C@]2(O)[C@@H]2C=C(C)C(=O)[C@@]2(O)C1. The summed E-state index contributed by atoms with van der Waals surface area (Å²) in [5, 5.41) is 24.3. The van der Waals surface area contributed by atoms with Gasteiger partial charge in [-0.15, -0.1) is 0 Å². The van der Waals surface area contributed by atoms with E-state index in [9.17, 15) is 29.4 Å². The van der Waals surface area contributed by atoms with Crippen LogP contribution in [-0.2, 0) is 33.4 Å². The number of aliphatic hydroxyl groups is 2. The Morgan fingerprint density at radius 3 is 2.23 bits per heavy atom. The Balaban J connectivity index is 1.95. The highest BCUT2D eigenvalue weighted by molar-refractivity contribution is 6.04. The number of carbonyl (C=O) groups excluding carboxylic acids is 4. The zero-order chi connectivity index (χ0) is 26.3. The molecule has 0 saturated heterocycles. The van der Waals surface area contributed by atoms with Crippen LogP contribution in [0.15, 0.2) is 23.3 Å². The molecule has 2 saturated carbocycles. The molecule has 0 aromatic rings. The minimum atomic E-state index is -1.96. The average molecular weight is 491 g/mol. The normalized spacial score (nSPS) is 42.9. The van der Waals surface area contributed by atoms with Gasteiger partial charge >= 0.3 is 17.9 Å². The van der Waals surface area contributed by atoms with Gasteiger partial charge < -0.3 is 24.4 Å². The Bertz CT molecular complexity index is 1070. The summed E-state index contributed by atoms with van der Waals surface area (Å²) in [6.07, 6.45) is 2.21. The average Bonchev–Trinajstić information content (AvgIpc) is 3.15. The summed E-state index contributed by atoms with van der Waals surface area (Å²) >= 11 is 0. The third kappa shape index (κ3) is 3.27. The number of fused-ring (bicyclic) bond motifs is 5. The van der Waals surface area contributed by atoms with Crippen molar-refractivity contribution in [1.29, 1.82) is 0 Å². The molecule has 0 unspecified atom stereocenters. The Morgan fingerprint density at radius 1 is 1.06 bits per heavy atom. The van der Waals surface area contributed by atoms with Crippen molar-refractivity contribution in [2.75, 3.05) is 6.61 Å². The second-order valence-electron chi connectivity index (χ2n) is 11.2. The van der Waals surface area contributed by atoms with Crippen LogP contribution in [0.3, 0.4) is 0 Å². The summed E-state index contributed by atoms with van der Waals surface area (Å²) in [7, 11) is 0. The highest BCUT2D eigenvalue weighted by Gasteiger charge is 2.87. The summed E-state index contributed by atoms with van der Waals surface area (Å²) in [5.74, 6) is -5.20. The molecule has 9 heteroatoms. The maximum absolute atomic E-state index is 13.2. The fourth-order valence-corrected chi connectivity index (χ4v) is 7.43. The minimum absolute atomic E-state index is 0.130. The molecule has 35 heavy (non-hydrogen) atoms. The van der Waals surface area contributed by atoms with E-state index in [-0.39, 0.29) is 13.0 Å². The van der Waals surface area contributed by atoms with E-state index in [0.29, 0.717) is 11.1 Å². The van der Waals surface area contributed by atoms with Crippen molar-refractivity contribution < 1.29 is 43.6 Å². The van der Waals surface area contributed by atoms with Gasteiger partial charge in [-0.25, -0.2) is 0 Å². The predicted octanol–water partition coefficient (Wildman–Crippen LogP) is 1.64. The van der Waals surface area contributed by atoms with Crippen molar-refractivity contribution in [3.05, 3.63) is 23.3 Å². The van der Waals surface area contributed by atoms with E-state index in [2.05, 4.69) is 0 Å². The number of hydrogen-bond donors (Lipinski definition) is 2. The quantitative estimate of drug-likeness (QED) is 0.342. The van der Waals surface area contributed by atoms with Crippen LogP contribution in [0, 0.1) is 29.1 Å². The first-order valence-electron chi connectivity index (χ1n) is 11.9. The molecule has 2 fully saturated rings. The van der Waals surface area contributed by atoms with Crippen LogP contribution in [0.5, 0.6) is 0 Å². The van der Waals surface area contributed by atoms with Gasteiger partial charge in [0, 0.05) is 56.3 Å². The van der Waals surface area contributed by atoms with Gasteiger partial charge in [0.15, 0.2) is 11.4 Å². The third-order valence-electron chi connectivity index (χ3n) is 8.82. The molecule has 4 aliphatic carbocycles. The van der Waals surface area contributed by atoms with Crippen LogP contribution in [0.4, 0.5) is 0 Å². The van der Waals surface area contributed by atoms with Gasteiger partial charge in [0.25, 0.3) is 0 Å². The lowest BCUT2D eigenvalue weighted by Gasteiger charge is -2.53. The van der Waals surface area contributed by atoms with Crippen LogP contribution in [0.25, 0.3) is 0 Å². The van der Waals surface area contributed by atoms with Gasteiger partial charge in [0.05, 0.1) is 5.60 Å². The van der Waals surface area contributed by atoms with E-state index < -0.39 is 75.7 Å². The molecule has 0 aromatic heterocycles. The second kappa shape index (κ2) is 7.74. The first kappa shape index (κ1) is 25.6. The van der Waals surface area contributed by atoms with Crippen molar-refractivity contribution >= 4 is 23.7 Å². The van der Waals surface area contributed by atoms with Gasteiger partial charge in [-0.2, -0.15) is 0 Å². The Labute approximate surface area is 204 Å². The van der Waals surface area contributed by atoms with Crippen molar-refractivity contribution in [3.63, 3.8) is 0 Å². The molecular formula is C26H34O9. The molecule has 2 N–H and O–H groups in total. The zero-order valence-corrected chi connectivity index (χ0v) is 21.2. The first-order chi connectivity index (χ1) is 16.0. The molecule has 0 aromatic carbocycles. The van der Waals surface area contributed by atoms with Gasteiger partial charge in [0.2, 0.25) is 0 Å². The highest BCUT2D eigenvalue weighted by Crippen LogP contribution is 2.77. The van der Waals surface area contributed by atoms with Crippen molar-refractivity contribution in [3.8, 4) is 0 Å². The lowest BCUT2D eigenvalue weighted by Crippen LogP contribution is -2.66. The predicted molar refractivity (Wildman–Crippen MR) is 121 cm³/mol. The monoisotopic (exact) mass is 490 g/mol. The summed E-state index contributed by atoms with van der Waals surface area (Å²) < 4.78 is 16.9. The smallest absolute Gasteiger partial charge is 0.303 e. The number of Topliss-reactive ketones (excluding diaryl/α,β-unsaturated/α-hetero) is 1.